The van der Waals surface area contributed by atoms with Gasteiger partial charge in [-0.2, -0.15) is 13.2 Å². The molecule has 1 fully saturated rings. The molecular formula is C17H16F3NO2S. The van der Waals surface area contributed by atoms with Gasteiger partial charge in [-0.1, -0.05) is 18.2 Å². The van der Waals surface area contributed by atoms with E-state index in [1.54, 1.807) is 12.1 Å². The number of hydrogen-bond donors (Lipinski definition) is 2. The maximum Gasteiger partial charge on any atom is 0.417 e. The summed E-state index contributed by atoms with van der Waals surface area (Å²) in [4.78, 5) is 13.0. The largest absolute Gasteiger partial charge is 0.417 e. The van der Waals surface area contributed by atoms with Gasteiger partial charge >= 0.3 is 6.18 Å². The summed E-state index contributed by atoms with van der Waals surface area (Å²) in [7, 11) is 0. The molecule has 0 aliphatic heterocycles. The fourth-order valence-electron chi connectivity index (χ4n) is 2.76. The van der Waals surface area contributed by atoms with Gasteiger partial charge in [0.2, 0.25) is 0 Å². The molecule has 1 heterocycles. The zero-order valence-corrected chi connectivity index (χ0v) is 13.5. The molecular weight excluding hydrogens is 339 g/mol. The van der Waals surface area contributed by atoms with Crippen LogP contribution in [0.15, 0.2) is 41.8 Å². The molecule has 1 unspecified atom stereocenters. The molecule has 1 atom stereocenters. The number of thiophene rings is 1. The quantitative estimate of drug-likeness (QED) is 0.857. The van der Waals surface area contributed by atoms with Crippen LogP contribution in [0.1, 0.15) is 33.6 Å². The molecule has 0 radical (unpaired) electrons. The van der Waals surface area contributed by atoms with Gasteiger partial charge in [-0.15, -0.1) is 11.3 Å². The lowest BCUT2D eigenvalue weighted by Crippen LogP contribution is -2.42. The van der Waals surface area contributed by atoms with Crippen LogP contribution in [0.25, 0.3) is 0 Å². The van der Waals surface area contributed by atoms with E-state index in [0.717, 1.165) is 29.9 Å². The minimum absolute atomic E-state index is 0.0225. The first-order chi connectivity index (χ1) is 11.3. The number of aliphatic hydroxyl groups is 1. The number of carbonyl (C=O) groups excluding carboxylic acids is 1. The predicted octanol–water partition coefficient (Wildman–Crippen LogP) is 3.79. The zero-order valence-electron chi connectivity index (χ0n) is 12.6. The fourth-order valence-corrected chi connectivity index (χ4v) is 3.66. The molecule has 1 aromatic carbocycles. The summed E-state index contributed by atoms with van der Waals surface area (Å²) in [5, 5.41) is 15.2. The Balaban J connectivity index is 1.79. The van der Waals surface area contributed by atoms with Crippen molar-refractivity contribution in [3.8, 4) is 0 Å². The van der Waals surface area contributed by atoms with Gasteiger partial charge in [-0.25, -0.2) is 0 Å². The smallest absolute Gasteiger partial charge is 0.382 e. The molecule has 24 heavy (non-hydrogen) atoms. The van der Waals surface area contributed by atoms with E-state index in [9.17, 15) is 23.1 Å². The number of alkyl halides is 3. The highest BCUT2D eigenvalue weighted by molar-refractivity contribution is 7.10. The molecule has 1 amide bonds. The summed E-state index contributed by atoms with van der Waals surface area (Å²) in [6.45, 7) is -0.108. The number of halogens is 3. The number of rotatable bonds is 5. The van der Waals surface area contributed by atoms with Gasteiger partial charge < -0.3 is 10.4 Å². The Kier molecular flexibility index (Phi) is 4.40. The van der Waals surface area contributed by atoms with Crippen LogP contribution in [0.2, 0.25) is 0 Å². The van der Waals surface area contributed by atoms with Crippen molar-refractivity contribution in [3.05, 3.63) is 57.8 Å². The third-order valence-electron chi connectivity index (χ3n) is 4.20. The average molecular weight is 355 g/mol. The second kappa shape index (κ2) is 6.22. The summed E-state index contributed by atoms with van der Waals surface area (Å²) < 4.78 is 39.1. The Morgan fingerprint density at radius 3 is 2.50 bits per heavy atom. The summed E-state index contributed by atoms with van der Waals surface area (Å²) in [5.74, 6) is -0.812. The van der Waals surface area contributed by atoms with Gasteiger partial charge in [0.25, 0.3) is 5.91 Å². The average Bonchev–Trinajstić information content (AvgIpc) is 3.26. The van der Waals surface area contributed by atoms with Crippen LogP contribution in [0.3, 0.4) is 0 Å². The van der Waals surface area contributed by atoms with Crippen molar-refractivity contribution in [2.45, 2.75) is 24.6 Å². The standard InChI is InChI=1S/C17H16F3NO2S/c18-17(19,20)13-5-2-1-4-12(13)15(22)21-10-16(23,11-7-8-11)14-6-3-9-24-14/h1-6,9,11,23H,7-8,10H2,(H,21,22). The molecule has 1 aliphatic rings. The van der Waals surface area contributed by atoms with Gasteiger partial charge in [0.1, 0.15) is 5.60 Å². The Morgan fingerprint density at radius 1 is 1.21 bits per heavy atom. The SMILES string of the molecule is O=C(NCC(O)(c1cccs1)C1CC1)c1ccccc1C(F)(F)F. The number of benzene rings is 1. The van der Waals surface area contributed by atoms with Crippen molar-refractivity contribution < 1.29 is 23.1 Å². The van der Waals surface area contributed by atoms with Crippen molar-refractivity contribution >= 4 is 17.2 Å². The monoisotopic (exact) mass is 355 g/mol. The van der Waals surface area contributed by atoms with Crippen molar-refractivity contribution in [2.75, 3.05) is 6.54 Å². The third-order valence-corrected chi connectivity index (χ3v) is 5.23. The van der Waals surface area contributed by atoms with Gasteiger partial charge in [-0.3, -0.25) is 4.79 Å². The Bertz CT molecular complexity index is 726. The van der Waals surface area contributed by atoms with Crippen molar-refractivity contribution in [1.82, 2.24) is 5.32 Å². The lowest BCUT2D eigenvalue weighted by molar-refractivity contribution is -0.137. The lowest BCUT2D eigenvalue weighted by atomic mass is 9.95. The van der Waals surface area contributed by atoms with Crippen LogP contribution in [0, 0.1) is 5.92 Å². The zero-order chi connectivity index (χ0) is 17.4. The number of hydrogen-bond acceptors (Lipinski definition) is 3. The Morgan fingerprint density at radius 2 is 1.92 bits per heavy atom. The van der Waals surface area contributed by atoms with E-state index in [0.29, 0.717) is 0 Å². The second-order valence-corrected chi connectivity index (χ2v) is 6.85. The molecule has 3 rings (SSSR count). The van der Waals surface area contributed by atoms with Crippen LogP contribution < -0.4 is 5.32 Å². The predicted molar refractivity (Wildman–Crippen MR) is 84.7 cm³/mol. The summed E-state index contributed by atoms with van der Waals surface area (Å²) in [6.07, 6.45) is -2.93. The first-order valence-corrected chi connectivity index (χ1v) is 8.41. The topological polar surface area (TPSA) is 49.3 Å². The van der Waals surface area contributed by atoms with E-state index in [-0.39, 0.29) is 12.5 Å². The molecule has 2 aromatic rings. The van der Waals surface area contributed by atoms with Crippen molar-refractivity contribution in [3.63, 3.8) is 0 Å². The van der Waals surface area contributed by atoms with E-state index in [1.807, 2.05) is 5.38 Å². The van der Waals surface area contributed by atoms with E-state index < -0.39 is 28.8 Å². The van der Waals surface area contributed by atoms with Gasteiger partial charge in [0, 0.05) is 4.88 Å². The molecule has 0 bridgehead atoms. The summed E-state index contributed by atoms with van der Waals surface area (Å²) in [6, 6.07) is 8.22. The normalized spacial score (nSPS) is 17.3. The van der Waals surface area contributed by atoms with Crippen LogP contribution in [-0.4, -0.2) is 17.6 Å². The maximum atomic E-state index is 13.0. The maximum absolute atomic E-state index is 13.0. The highest BCUT2D eigenvalue weighted by Gasteiger charge is 2.46. The molecule has 2 N–H and O–H groups in total. The Hall–Kier alpha value is -1.86. The highest BCUT2D eigenvalue weighted by Crippen LogP contribution is 2.46. The van der Waals surface area contributed by atoms with Crippen LogP contribution >= 0.6 is 11.3 Å². The molecule has 0 saturated heterocycles. The third kappa shape index (κ3) is 3.32. The lowest BCUT2D eigenvalue weighted by Gasteiger charge is -2.27. The molecule has 1 saturated carbocycles. The molecule has 1 aliphatic carbocycles. The number of nitrogens with one attached hydrogen (secondary N) is 1. The number of carbonyl (C=O) groups is 1. The van der Waals surface area contributed by atoms with Crippen LogP contribution in [0.4, 0.5) is 13.2 Å². The van der Waals surface area contributed by atoms with E-state index in [1.165, 1.54) is 23.5 Å². The van der Waals surface area contributed by atoms with Crippen LogP contribution in [-0.2, 0) is 11.8 Å². The van der Waals surface area contributed by atoms with Crippen molar-refractivity contribution in [1.29, 1.82) is 0 Å². The fraction of sp³-hybridized carbons (Fsp3) is 0.353. The number of amides is 1. The molecule has 7 heteroatoms. The van der Waals surface area contributed by atoms with Gasteiger partial charge in [-0.05, 0) is 42.3 Å². The summed E-state index contributed by atoms with van der Waals surface area (Å²) >= 11 is 1.37. The minimum Gasteiger partial charge on any atom is -0.382 e. The van der Waals surface area contributed by atoms with E-state index in [4.69, 9.17) is 0 Å². The van der Waals surface area contributed by atoms with Crippen molar-refractivity contribution in [2.24, 2.45) is 5.92 Å². The molecule has 128 valence electrons. The first-order valence-electron chi connectivity index (χ1n) is 7.53. The molecule has 1 aromatic heterocycles. The molecule has 0 spiro atoms. The Labute approximate surface area is 141 Å². The van der Waals surface area contributed by atoms with E-state index >= 15 is 0 Å². The molecule has 3 nitrogen and oxygen atoms in total. The second-order valence-electron chi connectivity index (χ2n) is 5.90. The van der Waals surface area contributed by atoms with Crippen LogP contribution in [0.5, 0.6) is 0 Å². The first kappa shape index (κ1) is 17.0. The van der Waals surface area contributed by atoms with Gasteiger partial charge in [0.05, 0.1) is 17.7 Å². The summed E-state index contributed by atoms with van der Waals surface area (Å²) in [5.41, 5.74) is -2.64. The van der Waals surface area contributed by atoms with Gasteiger partial charge in [0.15, 0.2) is 0 Å². The minimum atomic E-state index is -4.60. The van der Waals surface area contributed by atoms with E-state index in [2.05, 4.69) is 5.32 Å². The highest BCUT2D eigenvalue weighted by atomic mass is 32.1.